The zero-order valence-corrected chi connectivity index (χ0v) is 21.6. The Morgan fingerprint density at radius 3 is 2.35 bits per heavy atom. The summed E-state index contributed by atoms with van der Waals surface area (Å²) in [7, 11) is 1.44. The van der Waals surface area contributed by atoms with Gasteiger partial charge < -0.3 is 20.1 Å². The van der Waals surface area contributed by atoms with E-state index in [-0.39, 0.29) is 27.8 Å². The minimum Gasteiger partial charge on any atom is -0.504 e. The molecule has 0 atom stereocenters. The minimum absolute atomic E-state index is 0.0109. The van der Waals surface area contributed by atoms with E-state index in [1.54, 1.807) is 42.5 Å². The molecule has 3 aromatic carbocycles. The summed E-state index contributed by atoms with van der Waals surface area (Å²) in [5.41, 5.74) is 5.01. The van der Waals surface area contributed by atoms with Crippen molar-refractivity contribution in [1.82, 2.24) is 10.7 Å². The largest absolute Gasteiger partial charge is 0.504 e. The highest BCUT2D eigenvalue weighted by Gasteiger charge is 2.16. The van der Waals surface area contributed by atoms with E-state index in [1.165, 1.54) is 19.4 Å². The van der Waals surface area contributed by atoms with Gasteiger partial charge in [0.15, 0.2) is 11.5 Å². The second kappa shape index (κ2) is 13.1. The van der Waals surface area contributed by atoms with Gasteiger partial charge in [-0.1, -0.05) is 35.9 Å². The van der Waals surface area contributed by atoms with Crippen molar-refractivity contribution >= 4 is 41.4 Å². The van der Waals surface area contributed by atoms with Gasteiger partial charge in [0, 0.05) is 18.8 Å². The summed E-state index contributed by atoms with van der Waals surface area (Å²) in [5.74, 6) is -0.895. The Labute approximate surface area is 221 Å². The molecule has 3 rings (SSSR count). The van der Waals surface area contributed by atoms with Crippen molar-refractivity contribution in [2.75, 3.05) is 25.1 Å². The highest BCUT2D eigenvalue weighted by molar-refractivity contribution is 6.34. The average molecular weight is 521 g/mol. The van der Waals surface area contributed by atoms with Gasteiger partial charge >= 0.3 is 0 Å². The van der Waals surface area contributed by atoms with Crippen LogP contribution in [0.2, 0.25) is 5.02 Å². The van der Waals surface area contributed by atoms with E-state index < -0.39 is 11.8 Å². The molecule has 0 aliphatic carbocycles. The molecule has 9 heteroatoms. The smallest absolute Gasteiger partial charge is 0.287 e. The van der Waals surface area contributed by atoms with Crippen LogP contribution < -0.4 is 20.4 Å². The quantitative estimate of drug-likeness (QED) is 0.202. The van der Waals surface area contributed by atoms with E-state index in [0.29, 0.717) is 11.1 Å². The molecular formula is C28H29ClN4O4. The zero-order chi connectivity index (χ0) is 26.8. The molecule has 37 heavy (non-hydrogen) atoms. The molecule has 0 saturated carbocycles. The number of amides is 2. The topological polar surface area (TPSA) is 103 Å². The third-order valence-corrected chi connectivity index (χ3v) is 5.86. The van der Waals surface area contributed by atoms with Crippen molar-refractivity contribution in [3.8, 4) is 11.5 Å². The second-order valence-corrected chi connectivity index (χ2v) is 8.29. The molecule has 0 aliphatic rings. The fourth-order valence-corrected chi connectivity index (χ4v) is 3.75. The van der Waals surface area contributed by atoms with E-state index in [2.05, 4.69) is 34.6 Å². The lowest BCUT2D eigenvalue weighted by molar-refractivity contribution is -0.117. The first-order valence-corrected chi connectivity index (χ1v) is 12.1. The number of benzene rings is 3. The van der Waals surface area contributed by atoms with Crippen LogP contribution in [0.5, 0.6) is 11.5 Å². The molecule has 0 spiro atoms. The molecule has 0 aromatic heterocycles. The van der Waals surface area contributed by atoms with Crippen molar-refractivity contribution in [1.29, 1.82) is 0 Å². The maximum Gasteiger partial charge on any atom is 0.287 e. The van der Waals surface area contributed by atoms with E-state index >= 15 is 0 Å². The van der Waals surface area contributed by atoms with E-state index in [9.17, 15) is 14.7 Å². The highest BCUT2D eigenvalue weighted by atomic mass is 35.5. The number of phenolic OH excluding ortho intramolecular Hbond substituents is 1. The van der Waals surface area contributed by atoms with Crippen LogP contribution in [0.25, 0.3) is 6.08 Å². The van der Waals surface area contributed by atoms with Crippen molar-refractivity contribution in [3.05, 3.63) is 94.1 Å². The van der Waals surface area contributed by atoms with Gasteiger partial charge in [0.1, 0.15) is 5.70 Å². The predicted molar refractivity (Wildman–Crippen MR) is 147 cm³/mol. The molecule has 0 fully saturated rings. The van der Waals surface area contributed by atoms with Crippen molar-refractivity contribution < 1.29 is 19.4 Å². The van der Waals surface area contributed by atoms with Gasteiger partial charge in [0.05, 0.1) is 23.9 Å². The van der Waals surface area contributed by atoms with Crippen LogP contribution in [0.15, 0.2) is 77.5 Å². The number of ether oxygens (including phenoxy) is 1. The Bertz CT molecular complexity index is 1300. The number of anilines is 1. The van der Waals surface area contributed by atoms with Crippen molar-refractivity contribution in [3.63, 3.8) is 0 Å². The van der Waals surface area contributed by atoms with Gasteiger partial charge in [0.2, 0.25) is 0 Å². The lowest BCUT2D eigenvalue weighted by Gasteiger charge is -2.21. The second-order valence-electron chi connectivity index (χ2n) is 7.89. The van der Waals surface area contributed by atoms with Crippen LogP contribution in [-0.4, -0.2) is 43.3 Å². The zero-order valence-electron chi connectivity index (χ0n) is 20.9. The third-order valence-electron chi connectivity index (χ3n) is 5.53. The molecule has 0 saturated heterocycles. The molecule has 0 aliphatic heterocycles. The summed E-state index contributed by atoms with van der Waals surface area (Å²) in [6.45, 7) is 5.91. The first kappa shape index (κ1) is 27.3. The normalized spacial score (nSPS) is 11.3. The van der Waals surface area contributed by atoms with E-state index in [0.717, 1.165) is 18.8 Å². The van der Waals surface area contributed by atoms with Crippen LogP contribution in [0.1, 0.15) is 35.3 Å². The molecule has 192 valence electrons. The Kier molecular flexibility index (Phi) is 9.69. The summed E-state index contributed by atoms with van der Waals surface area (Å²) in [4.78, 5) is 28.1. The SMILES string of the molecule is CCN(CC)c1ccc(C=C(NC(=O)c2ccccc2Cl)C(=O)N/N=C/c2ccc(O)c(OC)c2)cc1. The number of aromatic hydroxyl groups is 1. The standard InChI is InChI=1S/C28H29ClN4O4/c1-4-33(5-2)21-13-10-19(11-14-21)16-24(31-27(35)22-8-6-7-9-23(22)29)28(36)32-30-18-20-12-15-25(34)26(17-20)37-3/h6-18,34H,4-5H2,1-3H3,(H,31,35)(H,32,36)/b24-16?,30-18+. The van der Waals surface area contributed by atoms with E-state index in [1.807, 2.05) is 24.3 Å². The number of nitrogens with zero attached hydrogens (tertiary/aromatic N) is 2. The first-order valence-electron chi connectivity index (χ1n) is 11.7. The number of halogens is 1. The van der Waals surface area contributed by atoms with Gasteiger partial charge in [-0.05, 0) is 73.5 Å². The maximum atomic E-state index is 13.0. The van der Waals surface area contributed by atoms with Crippen LogP contribution >= 0.6 is 11.6 Å². The minimum atomic E-state index is -0.629. The lowest BCUT2D eigenvalue weighted by Crippen LogP contribution is -2.33. The third kappa shape index (κ3) is 7.35. The molecule has 3 aromatic rings. The van der Waals surface area contributed by atoms with E-state index in [4.69, 9.17) is 16.3 Å². The number of carbonyl (C=O) groups is 2. The lowest BCUT2D eigenvalue weighted by atomic mass is 10.1. The number of methoxy groups -OCH3 is 1. The molecule has 0 unspecified atom stereocenters. The number of nitrogens with one attached hydrogen (secondary N) is 2. The fraction of sp³-hybridized carbons (Fsp3) is 0.179. The van der Waals surface area contributed by atoms with Gasteiger partial charge in [-0.2, -0.15) is 5.10 Å². The maximum absolute atomic E-state index is 13.0. The Morgan fingerprint density at radius 2 is 1.70 bits per heavy atom. The van der Waals surface area contributed by atoms with Gasteiger partial charge in [-0.25, -0.2) is 5.43 Å². The summed E-state index contributed by atoms with van der Waals surface area (Å²) in [5, 5.41) is 16.6. The molecule has 0 radical (unpaired) electrons. The first-order chi connectivity index (χ1) is 17.9. The number of hydrogen-bond donors (Lipinski definition) is 3. The van der Waals surface area contributed by atoms with Crippen LogP contribution in [0.4, 0.5) is 5.69 Å². The fourth-order valence-electron chi connectivity index (χ4n) is 3.53. The number of hydrazone groups is 1. The van der Waals surface area contributed by atoms with Crippen molar-refractivity contribution in [2.45, 2.75) is 13.8 Å². The van der Waals surface area contributed by atoms with Crippen LogP contribution in [0, 0.1) is 0 Å². The molecule has 8 nitrogen and oxygen atoms in total. The molecule has 2 amide bonds. The molecule has 3 N–H and O–H groups in total. The van der Waals surface area contributed by atoms with Crippen LogP contribution in [-0.2, 0) is 4.79 Å². The highest BCUT2D eigenvalue weighted by Crippen LogP contribution is 2.25. The monoisotopic (exact) mass is 520 g/mol. The Morgan fingerprint density at radius 1 is 1.03 bits per heavy atom. The number of hydrogen-bond acceptors (Lipinski definition) is 6. The molecular weight excluding hydrogens is 492 g/mol. The van der Waals surface area contributed by atoms with Gasteiger partial charge in [0.25, 0.3) is 11.8 Å². The molecule has 0 bridgehead atoms. The number of carbonyl (C=O) groups excluding carboxylic acids is 2. The summed E-state index contributed by atoms with van der Waals surface area (Å²) >= 11 is 6.17. The number of rotatable bonds is 10. The summed E-state index contributed by atoms with van der Waals surface area (Å²) in [6.07, 6.45) is 2.96. The average Bonchev–Trinajstić information content (AvgIpc) is 2.91. The summed E-state index contributed by atoms with van der Waals surface area (Å²) in [6, 6.07) is 18.9. The van der Waals surface area contributed by atoms with Crippen molar-refractivity contribution in [2.24, 2.45) is 5.10 Å². The Balaban J connectivity index is 1.85. The van der Waals surface area contributed by atoms with Gasteiger partial charge in [-0.3, -0.25) is 9.59 Å². The number of phenols is 1. The van der Waals surface area contributed by atoms with Crippen LogP contribution in [0.3, 0.4) is 0 Å². The summed E-state index contributed by atoms with van der Waals surface area (Å²) < 4.78 is 5.08. The molecule has 0 heterocycles. The van der Waals surface area contributed by atoms with Gasteiger partial charge in [-0.15, -0.1) is 0 Å². The Hall–Kier alpha value is -4.30. The predicted octanol–water partition coefficient (Wildman–Crippen LogP) is 4.82.